The first-order valence-electron chi connectivity index (χ1n) is 6.76. The molecule has 1 atom stereocenters. The van der Waals surface area contributed by atoms with Crippen LogP contribution in [0.25, 0.3) is 0 Å². The number of thiazole rings is 1. The number of carbonyl (C=O) groups is 3. The molecule has 2 rings (SSSR count). The summed E-state index contributed by atoms with van der Waals surface area (Å²) in [5, 5.41) is 13.7. The van der Waals surface area contributed by atoms with Gasteiger partial charge < -0.3 is 14.7 Å². The Bertz CT molecular complexity index is 574. The molecule has 1 unspecified atom stereocenters. The third-order valence-electron chi connectivity index (χ3n) is 3.26. The maximum Gasteiger partial charge on any atom is 0.326 e. The number of methoxy groups -OCH3 is 1. The molecule has 9 heteroatoms. The van der Waals surface area contributed by atoms with E-state index in [0.717, 1.165) is 0 Å². The van der Waals surface area contributed by atoms with E-state index in [2.05, 4.69) is 10.3 Å². The zero-order valence-corrected chi connectivity index (χ0v) is 12.9. The fourth-order valence-corrected chi connectivity index (χ4v) is 3.04. The normalized spacial score (nSPS) is 17.5. The summed E-state index contributed by atoms with van der Waals surface area (Å²) in [6, 6.07) is -0.744. The van der Waals surface area contributed by atoms with E-state index in [9.17, 15) is 14.4 Å². The van der Waals surface area contributed by atoms with Gasteiger partial charge in [0.2, 0.25) is 5.91 Å². The SMILES string of the molecule is COCC(=O)Nc1nc(CC(=O)N2CCCC2C(=O)O)cs1. The van der Waals surface area contributed by atoms with Gasteiger partial charge in [0, 0.05) is 19.0 Å². The zero-order chi connectivity index (χ0) is 16.1. The number of likely N-dealkylation sites (tertiary alicyclic amines) is 1. The van der Waals surface area contributed by atoms with Crippen LogP contribution in [0.15, 0.2) is 5.38 Å². The minimum Gasteiger partial charge on any atom is -0.480 e. The maximum absolute atomic E-state index is 12.2. The quantitative estimate of drug-likeness (QED) is 0.780. The lowest BCUT2D eigenvalue weighted by atomic mass is 10.2. The average Bonchev–Trinajstić information content (AvgIpc) is 3.08. The number of hydrogen-bond acceptors (Lipinski definition) is 6. The number of carboxylic acid groups (broad SMARTS) is 1. The largest absolute Gasteiger partial charge is 0.480 e. The van der Waals surface area contributed by atoms with E-state index in [-0.39, 0.29) is 24.8 Å². The molecule has 0 spiro atoms. The highest BCUT2D eigenvalue weighted by Gasteiger charge is 2.33. The Morgan fingerprint density at radius 1 is 1.55 bits per heavy atom. The third kappa shape index (κ3) is 4.01. The fraction of sp³-hybridized carbons (Fsp3) is 0.538. The number of nitrogens with zero attached hydrogens (tertiary/aromatic N) is 2. The molecule has 1 fully saturated rings. The first kappa shape index (κ1) is 16.4. The van der Waals surface area contributed by atoms with Crippen LogP contribution in [-0.4, -0.2) is 59.1 Å². The summed E-state index contributed by atoms with van der Waals surface area (Å²) in [6.07, 6.45) is 1.20. The van der Waals surface area contributed by atoms with Crippen LogP contribution in [0.4, 0.5) is 5.13 Å². The Labute approximate surface area is 131 Å². The molecule has 0 bridgehead atoms. The van der Waals surface area contributed by atoms with E-state index in [1.165, 1.54) is 23.3 Å². The van der Waals surface area contributed by atoms with E-state index >= 15 is 0 Å². The second-order valence-electron chi connectivity index (χ2n) is 4.89. The minimum absolute atomic E-state index is 0.0282. The van der Waals surface area contributed by atoms with Gasteiger partial charge in [-0.3, -0.25) is 14.9 Å². The first-order chi connectivity index (χ1) is 10.5. The van der Waals surface area contributed by atoms with E-state index in [4.69, 9.17) is 9.84 Å². The van der Waals surface area contributed by atoms with Gasteiger partial charge in [-0.1, -0.05) is 0 Å². The minimum atomic E-state index is -0.975. The number of aliphatic carboxylic acids is 1. The Balaban J connectivity index is 1.93. The zero-order valence-electron chi connectivity index (χ0n) is 12.1. The number of amides is 2. The Hall–Kier alpha value is -2.00. The van der Waals surface area contributed by atoms with Gasteiger partial charge in [0.05, 0.1) is 12.1 Å². The molecular formula is C13H17N3O5S. The molecule has 120 valence electrons. The number of nitrogens with one attached hydrogen (secondary N) is 1. The molecule has 1 saturated heterocycles. The van der Waals surface area contributed by atoms with Crippen molar-refractivity contribution in [1.29, 1.82) is 0 Å². The molecule has 22 heavy (non-hydrogen) atoms. The van der Waals surface area contributed by atoms with Gasteiger partial charge in [0.1, 0.15) is 12.6 Å². The highest BCUT2D eigenvalue weighted by molar-refractivity contribution is 7.13. The third-order valence-corrected chi connectivity index (χ3v) is 4.07. The lowest BCUT2D eigenvalue weighted by Gasteiger charge is -2.20. The van der Waals surface area contributed by atoms with Crippen molar-refractivity contribution in [2.45, 2.75) is 25.3 Å². The second kappa shape index (κ2) is 7.32. The number of ether oxygens (including phenoxy) is 1. The molecule has 1 aromatic heterocycles. The summed E-state index contributed by atoms with van der Waals surface area (Å²) in [6.45, 7) is 0.388. The monoisotopic (exact) mass is 327 g/mol. The number of anilines is 1. The summed E-state index contributed by atoms with van der Waals surface area (Å²) in [5.41, 5.74) is 0.513. The predicted molar refractivity (Wildman–Crippen MR) is 78.7 cm³/mol. The van der Waals surface area contributed by atoms with Crippen molar-refractivity contribution in [3.8, 4) is 0 Å². The van der Waals surface area contributed by atoms with Gasteiger partial charge in [0.25, 0.3) is 5.91 Å². The molecule has 0 aromatic carbocycles. The Morgan fingerprint density at radius 3 is 3.00 bits per heavy atom. The smallest absolute Gasteiger partial charge is 0.326 e. The van der Waals surface area contributed by atoms with Crippen LogP contribution in [0.2, 0.25) is 0 Å². The van der Waals surface area contributed by atoms with Gasteiger partial charge in [-0.2, -0.15) is 0 Å². The van der Waals surface area contributed by atoms with Crippen molar-refractivity contribution in [2.75, 3.05) is 25.6 Å². The summed E-state index contributed by atoms with van der Waals surface area (Å²) in [7, 11) is 1.42. The number of rotatable bonds is 6. The standard InChI is InChI=1S/C13H17N3O5S/c1-21-6-10(17)15-13-14-8(7-22-13)5-11(18)16-4-2-3-9(16)12(19)20/h7,9H,2-6H2,1H3,(H,19,20)(H,14,15,17). The van der Waals surface area contributed by atoms with Crippen LogP contribution >= 0.6 is 11.3 Å². The number of carbonyl (C=O) groups excluding carboxylic acids is 2. The number of carboxylic acids is 1. The van der Waals surface area contributed by atoms with Gasteiger partial charge in [-0.05, 0) is 12.8 Å². The topological polar surface area (TPSA) is 109 Å². The summed E-state index contributed by atoms with van der Waals surface area (Å²) >= 11 is 1.21. The van der Waals surface area contributed by atoms with Crippen molar-refractivity contribution in [3.05, 3.63) is 11.1 Å². The lowest BCUT2D eigenvalue weighted by Crippen LogP contribution is -2.41. The maximum atomic E-state index is 12.2. The fourth-order valence-electron chi connectivity index (χ4n) is 2.31. The molecule has 1 aliphatic heterocycles. The van der Waals surface area contributed by atoms with E-state index < -0.39 is 12.0 Å². The van der Waals surface area contributed by atoms with E-state index in [0.29, 0.717) is 30.2 Å². The lowest BCUT2D eigenvalue weighted by molar-refractivity contribution is -0.148. The Morgan fingerprint density at radius 2 is 2.32 bits per heavy atom. The molecule has 8 nitrogen and oxygen atoms in total. The second-order valence-corrected chi connectivity index (χ2v) is 5.74. The van der Waals surface area contributed by atoms with Crippen molar-refractivity contribution < 1.29 is 24.2 Å². The van der Waals surface area contributed by atoms with Crippen LogP contribution in [-0.2, 0) is 25.5 Å². The highest BCUT2D eigenvalue weighted by Crippen LogP contribution is 2.20. The van der Waals surface area contributed by atoms with E-state index in [1.807, 2.05) is 0 Å². The van der Waals surface area contributed by atoms with Crippen LogP contribution < -0.4 is 5.32 Å². The van der Waals surface area contributed by atoms with Crippen LogP contribution in [0.3, 0.4) is 0 Å². The number of aromatic nitrogens is 1. The van der Waals surface area contributed by atoms with Crippen molar-refractivity contribution in [3.63, 3.8) is 0 Å². The van der Waals surface area contributed by atoms with Gasteiger partial charge in [0.15, 0.2) is 5.13 Å². The van der Waals surface area contributed by atoms with Crippen molar-refractivity contribution in [1.82, 2.24) is 9.88 Å². The first-order valence-corrected chi connectivity index (χ1v) is 7.64. The van der Waals surface area contributed by atoms with Gasteiger partial charge >= 0.3 is 5.97 Å². The molecule has 2 heterocycles. The number of hydrogen-bond donors (Lipinski definition) is 2. The van der Waals surface area contributed by atoms with Crippen LogP contribution in [0.5, 0.6) is 0 Å². The summed E-state index contributed by atoms with van der Waals surface area (Å²) < 4.78 is 4.70. The molecule has 2 N–H and O–H groups in total. The van der Waals surface area contributed by atoms with E-state index in [1.54, 1.807) is 5.38 Å². The summed E-state index contributed by atoms with van der Waals surface area (Å²) in [4.78, 5) is 40.2. The molecule has 0 saturated carbocycles. The van der Waals surface area contributed by atoms with Gasteiger partial charge in [-0.15, -0.1) is 11.3 Å². The molecule has 1 aromatic rings. The Kier molecular flexibility index (Phi) is 5.45. The average molecular weight is 327 g/mol. The molecule has 2 amide bonds. The molecule has 0 aliphatic carbocycles. The highest BCUT2D eigenvalue weighted by atomic mass is 32.1. The van der Waals surface area contributed by atoms with Crippen molar-refractivity contribution >= 4 is 34.3 Å². The van der Waals surface area contributed by atoms with Crippen molar-refractivity contribution in [2.24, 2.45) is 0 Å². The summed E-state index contributed by atoms with van der Waals surface area (Å²) in [5.74, 6) is -1.55. The molecule has 0 radical (unpaired) electrons. The van der Waals surface area contributed by atoms with Gasteiger partial charge in [-0.25, -0.2) is 9.78 Å². The molecule has 1 aliphatic rings. The predicted octanol–water partition coefficient (Wildman–Crippen LogP) is 0.346. The van der Waals surface area contributed by atoms with Crippen LogP contribution in [0.1, 0.15) is 18.5 Å². The van der Waals surface area contributed by atoms with Crippen LogP contribution in [0, 0.1) is 0 Å². The molecular weight excluding hydrogens is 310 g/mol.